The van der Waals surface area contributed by atoms with Crippen LogP contribution >= 0.6 is 0 Å². The summed E-state index contributed by atoms with van der Waals surface area (Å²) in [7, 11) is 0. The molecule has 4 aromatic carbocycles. The van der Waals surface area contributed by atoms with Gasteiger partial charge in [0.25, 0.3) is 0 Å². The molecule has 132 valence electrons. The van der Waals surface area contributed by atoms with Crippen LogP contribution in [0, 0.1) is 6.08 Å². The summed E-state index contributed by atoms with van der Waals surface area (Å²) in [6, 6.07) is 29.6. The molecule has 3 heteroatoms. The number of hydrogen-bond acceptors (Lipinski definition) is 0. The Balaban J connectivity index is 0.000000246. The van der Waals surface area contributed by atoms with Crippen molar-refractivity contribution in [3.63, 3.8) is 0 Å². The topological polar surface area (TPSA) is 0 Å². The summed E-state index contributed by atoms with van der Waals surface area (Å²) in [5.41, 5.74) is 2.49. The quantitative estimate of drug-likeness (QED) is 0.238. The summed E-state index contributed by atoms with van der Waals surface area (Å²) in [5.74, 6) is 0. The van der Waals surface area contributed by atoms with E-state index in [2.05, 4.69) is 97.1 Å². The summed E-state index contributed by atoms with van der Waals surface area (Å²) in [6.45, 7) is 0. The molecule has 0 atom stereocenters. The molecule has 0 saturated heterocycles. The van der Waals surface area contributed by atoms with Crippen LogP contribution in [0.5, 0.6) is 0 Å². The predicted octanol–water partition coefficient (Wildman–Crippen LogP) is 0.550. The van der Waals surface area contributed by atoms with Crippen LogP contribution in [0.2, 0.25) is 0 Å². The molecule has 0 heterocycles. The first-order chi connectivity index (χ1) is 11.9. The second-order valence-electron chi connectivity index (χ2n) is 5.88. The molecular formula is C24H18Cl2Hf. The molecule has 0 N–H and O–H groups in total. The fourth-order valence-corrected chi connectivity index (χ4v) is 3.12. The largest absolute Gasteiger partial charge is 4.00 e. The summed E-state index contributed by atoms with van der Waals surface area (Å²) in [4.78, 5) is 0. The molecule has 0 nitrogen and oxygen atoms in total. The van der Waals surface area contributed by atoms with E-state index in [0.717, 1.165) is 6.42 Å². The van der Waals surface area contributed by atoms with Crippen molar-refractivity contribution in [1.29, 1.82) is 0 Å². The Hall–Kier alpha value is -1.54. The average molecular weight is 556 g/mol. The zero-order valence-electron chi connectivity index (χ0n) is 14.7. The Morgan fingerprint density at radius 1 is 0.667 bits per heavy atom. The van der Waals surface area contributed by atoms with E-state index in [-0.39, 0.29) is 50.7 Å². The van der Waals surface area contributed by atoms with Gasteiger partial charge in [0.1, 0.15) is 0 Å². The standard InChI is InChI=1S/C13H9.C11H9.2ClH.Hf/c1-3-7-12-10(5-1)9-11-6-2-4-8-13(11)12;1-2-6-10(7-3-1)11-8-4-5-9-11;;;/h1-9H;1-4,6-8H,5H2;2*1H;/q2*-1;;;+4/p-2. The Morgan fingerprint density at radius 3 is 1.70 bits per heavy atom. The first kappa shape index (κ1) is 23.5. The van der Waals surface area contributed by atoms with E-state index in [0.29, 0.717) is 0 Å². The maximum absolute atomic E-state index is 3.28. The number of halogens is 2. The maximum atomic E-state index is 3.28. The van der Waals surface area contributed by atoms with E-state index in [9.17, 15) is 0 Å². The van der Waals surface area contributed by atoms with Gasteiger partial charge in [-0.15, -0.1) is 63.5 Å². The molecule has 0 fully saturated rings. The van der Waals surface area contributed by atoms with Gasteiger partial charge in [0.15, 0.2) is 0 Å². The van der Waals surface area contributed by atoms with Crippen molar-refractivity contribution >= 4 is 27.1 Å². The van der Waals surface area contributed by atoms with E-state index in [1.165, 1.54) is 32.7 Å². The SMILES string of the molecule is [C-]1=C(c2ccccc2)C=CC1.[Cl-].[Cl-].[Hf+4].c1ccc2c(c1)[cH-]c1ccccc12. The molecule has 27 heavy (non-hydrogen) atoms. The van der Waals surface area contributed by atoms with Gasteiger partial charge in [-0.3, -0.25) is 0 Å². The van der Waals surface area contributed by atoms with Crippen LogP contribution in [0.4, 0.5) is 0 Å². The summed E-state index contributed by atoms with van der Waals surface area (Å²) >= 11 is 0. The number of benzene rings is 3. The minimum Gasteiger partial charge on any atom is -1.00 e. The Bertz CT molecular complexity index is 980. The Kier molecular flexibility index (Phi) is 9.87. The van der Waals surface area contributed by atoms with E-state index in [4.69, 9.17) is 0 Å². The van der Waals surface area contributed by atoms with Crippen molar-refractivity contribution in [2.24, 2.45) is 0 Å². The molecule has 5 rings (SSSR count). The summed E-state index contributed by atoms with van der Waals surface area (Å²) in [5, 5.41) is 5.39. The van der Waals surface area contributed by atoms with Gasteiger partial charge in [-0.2, -0.15) is 17.7 Å². The fraction of sp³-hybridized carbons (Fsp3) is 0.0417. The van der Waals surface area contributed by atoms with Crippen LogP contribution in [0.1, 0.15) is 12.0 Å². The Labute approximate surface area is 192 Å². The van der Waals surface area contributed by atoms with Crippen molar-refractivity contribution in [3.8, 4) is 0 Å². The van der Waals surface area contributed by atoms with Gasteiger partial charge in [0.05, 0.1) is 0 Å². The van der Waals surface area contributed by atoms with Crippen LogP contribution in [0.3, 0.4) is 0 Å². The third-order valence-corrected chi connectivity index (χ3v) is 4.30. The molecular weight excluding hydrogens is 538 g/mol. The molecule has 0 spiro atoms. The maximum Gasteiger partial charge on any atom is 4.00 e. The van der Waals surface area contributed by atoms with Gasteiger partial charge in [0.2, 0.25) is 0 Å². The molecule has 1 aliphatic rings. The van der Waals surface area contributed by atoms with Gasteiger partial charge >= 0.3 is 25.8 Å². The average Bonchev–Trinajstić information content (AvgIpc) is 3.31. The molecule has 0 amide bonds. The number of hydrogen-bond donors (Lipinski definition) is 0. The van der Waals surface area contributed by atoms with Gasteiger partial charge in [-0.25, -0.2) is 0 Å². The fourth-order valence-electron chi connectivity index (χ4n) is 3.12. The van der Waals surface area contributed by atoms with Gasteiger partial charge in [0, 0.05) is 0 Å². The van der Waals surface area contributed by atoms with Crippen molar-refractivity contribution < 1.29 is 50.7 Å². The van der Waals surface area contributed by atoms with Crippen LogP contribution in [0.15, 0.2) is 97.1 Å². The molecule has 0 bridgehead atoms. The Morgan fingerprint density at radius 2 is 1.19 bits per heavy atom. The van der Waals surface area contributed by atoms with Crippen molar-refractivity contribution in [2.45, 2.75) is 6.42 Å². The normalized spacial score (nSPS) is 11.5. The van der Waals surface area contributed by atoms with Crippen molar-refractivity contribution in [3.05, 3.63) is 109 Å². The molecule has 1 aliphatic carbocycles. The van der Waals surface area contributed by atoms with E-state index >= 15 is 0 Å². The van der Waals surface area contributed by atoms with Gasteiger partial charge in [-0.05, 0) is 0 Å². The molecule has 0 radical (unpaired) electrons. The van der Waals surface area contributed by atoms with E-state index in [1.807, 2.05) is 6.07 Å². The predicted molar refractivity (Wildman–Crippen MR) is 104 cm³/mol. The van der Waals surface area contributed by atoms with Gasteiger partial charge in [-0.1, -0.05) is 61.0 Å². The summed E-state index contributed by atoms with van der Waals surface area (Å²) < 4.78 is 0. The molecule has 4 aromatic rings. The zero-order valence-corrected chi connectivity index (χ0v) is 19.8. The summed E-state index contributed by atoms with van der Waals surface area (Å²) in [6.07, 6.45) is 8.49. The van der Waals surface area contributed by atoms with Crippen molar-refractivity contribution in [1.82, 2.24) is 0 Å². The smallest absolute Gasteiger partial charge is 1.00 e. The minimum atomic E-state index is 0. The van der Waals surface area contributed by atoms with Crippen LogP contribution < -0.4 is 24.8 Å². The second-order valence-corrected chi connectivity index (χ2v) is 5.88. The second kappa shape index (κ2) is 11.3. The van der Waals surface area contributed by atoms with Crippen LogP contribution in [0.25, 0.3) is 27.1 Å². The van der Waals surface area contributed by atoms with Crippen LogP contribution in [-0.2, 0) is 25.8 Å². The first-order valence-corrected chi connectivity index (χ1v) is 8.28. The third kappa shape index (κ3) is 5.48. The molecule has 0 aliphatic heterocycles. The van der Waals surface area contributed by atoms with Crippen molar-refractivity contribution in [2.75, 3.05) is 0 Å². The molecule has 0 aromatic heterocycles. The minimum absolute atomic E-state index is 0. The van der Waals surface area contributed by atoms with Gasteiger partial charge < -0.3 is 24.8 Å². The molecule has 0 saturated carbocycles. The zero-order chi connectivity index (χ0) is 16.2. The number of allylic oxidation sites excluding steroid dienone is 4. The van der Waals surface area contributed by atoms with E-state index < -0.39 is 0 Å². The van der Waals surface area contributed by atoms with Crippen LogP contribution in [-0.4, -0.2) is 0 Å². The number of fused-ring (bicyclic) bond motifs is 3. The molecule has 0 unspecified atom stereocenters. The third-order valence-electron chi connectivity index (χ3n) is 4.30. The number of rotatable bonds is 1. The first-order valence-electron chi connectivity index (χ1n) is 8.28. The monoisotopic (exact) mass is 556 g/mol. The van der Waals surface area contributed by atoms with E-state index in [1.54, 1.807) is 0 Å².